The van der Waals surface area contributed by atoms with E-state index in [9.17, 15) is 9.59 Å². The normalized spacial score (nSPS) is 13.2. The minimum Gasteiger partial charge on any atom is -0.396 e. The lowest BCUT2D eigenvalue weighted by Crippen LogP contribution is -2.38. The van der Waals surface area contributed by atoms with Crippen LogP contribution >= 0.6 is 0 Å². The Balaban J connectivity index is 3.13. The first-order valence-electron chi connectivity index (χ1n) is 10.2. The third-order valence-electron chi connectivity index (χ3n) is 4.00. The summed E-state index contributed by atoms with van der Waals surface area (Å²) in [5.74, 6) is 0.0179. The third-order valence-corrected chi connectivity index (χ3v) is 4.00. The maximum absolute atomic E-state index is 12.8. The lowest BCUT2D eigenvalue weighted by Gasteiger charge is -2.14. The van der Waals surface area contributed by atoms with E-state index in [2.05, 4.69) is 27.3 Å². The van der Waals surface area contributed by atoms with Crippen LogP contribution in [0.3, 0.4) is 0 Å². The Morgan fingerprint density at radius 3 is 2.50 bits per heavy atom. The number of amidine groups is 1. The highest BCUT2D eigenvalue weighted by molar-refractivity contribution is 5.97. The van der Waals surface area contributed by atoms with E-state index in [0.717, 1.165) is 16.7 Å². The van der Waals surface area contributed by atoms with Crippen molar-refractivity contribution in [2.75, 3.05) is 5.73 Å². The van der Waals surface area contributed by atoms with Crippen molar-refractivity contribution in [3.8, 4) is 0 Å². The average Bonchev–Trinajstić information content (AvgIpc) is 2.66. The minimum atomic E-state index is -0.452. The summed E-state index contributed by atoms with van der Waals surface area (Å²) in [5, 5.41) is 6.99. The number of aliphatic imine (C=N–C) groups is 2. The summed E-state index contributed by atoms with van der Waals surface area (Å²) in [7, 11) is 0. The van der Waals surface area contributed by atoms with Crippen LogP contribution in [0.5, 0.6) is 0 Å². The van der Waals surface area contributed by atoms with Crippen LogP contribution in [0.15, 0.2) is 38.7 Å². The summed E-state index contributed by atoms with van der Waals surface area (Å²) in [6.45, 7) is 13.1. The minimum absolute atomic E-state index is 0.0127. The molecule has 0 atom stereocenters. The van der Waals surface area contributed by atoms with Gasteiger partial charge in [0.05, 0.1) is 16.9 Å². The van der Waals surface area contributed by atoms with Crippen LogP contribution in [-0.2, 0) is 11.3 Å². The molecule has 0 spiro atoms. The van der Waals surface area contributed by atoms with Gasteiger partial charge in [-0.3, -0.25) is 14.6 Å². The van der Waals surface area contributed by atoms with Crippen molar-refractivity contribution in [3.63, 3.8) is 0 Å². The van der Waals surface area contributed by atoms with Crippen molar-refractivity contribution in [1.29, 1.82) is 0 Å². The van der Waals surface area contributed by atoms with E-state index < -0.39 is 11.5 Å². The molecule has 0 saturated heterocycles. The molecule has 0 fully saturated rings. The zero-order chi connectivity index (χ0) is 22.8. The van der Waals surface area contributed by atoms with Gasteiger partial charge in [-0.25, -0.2) is 9.67 Å². The molecule has 0 saturated carbocycles. The summed E-state index contributed by atoms with van der Waals surface area (Å²) in [5.41, 5.74) is 7.78. The molecule has 8 nitrogen and oxygen atoms in total. The Kier molecular flexibility index (Phi) is 9.88. The van der Waals surface area contributed by atoms with E-state index in [1.165, 1.54) is 6.21 Å². The predicted octanol–water partition coefficient (Wildman–Crippen LogP) is 3.18. The summed E-state index contributed by atoms with van der Waals surface area (Å²) >= 11 is 0. The Labute approximate surface area is 178 Å². The van der Waals surface area contributed by atoms with Crippen molar-refractivity contribution in [1.82, 2.24) is 15.1 Å². The van der Waals surface area contributed by atoms with Gasteiger partial charge in [-0.1, -0.05) is 32.9 Å². The smallest absolute Gasteiger partial charge is 0.278 e. The number of nitrogens with one attached hydrogen (secondary N) is 1. The number of carbonyl (C=O) groups excluding carboxylic acids is 1. The zero-order valence-corrected chi connectivity index (χ0v) is 19.1. The number of nitrogens with two attached hydrogens (primary N) is 1. The summed E-state index contributed by atoms with van der Waals surface area (Å²) in [4.78, 5) is 33.8. The predicted molar refractivity (Wildman–Crippen MR) is 124 cm³/mol. The van der Waals surface area contributed by atoms with Crippen LogP contribution in [0.2, 0.25) is 0 Å². The summed E-state index contributed by atoms with van der Waals surface area (Å²) < 4.78 is 1.13. The number of nitrogen functional groups attached to an aromatic ring is 1. The molecule has 8 heteroatoms. The van der Waals surface area contributed by atoms with Crippen LogP contribution < -0.4 is 16.6 Å². The molecule has 30 heavy (non-hydrogen) atoms. The van der Waals surface area contributed by atoms with E-state index >= 15 is 0 Å². The molecular formula is C22H34N6O2. The maximum atomic E-state index is 12.8. The van der Waals surface area contributed by atoms with Gasteiger partial charge in [0.1, 0.15) is 12.4 Å². The molecule has 0 unspecified atom stereocenters. The average molecular weight is 415 g/mol. The fourth-order valence-electron chi connectivity index (χ4n) is 2.46. The van der Waals surface area contributed by atoms with Crippen molar-refractivity contribution >= 4 is 23.6 Å². The third kappa shape index (κ3) is 7.77. The fourth-order valence-corrected chi connectivity index (χ4v) is 2.46. The second kappa shape index (κ2) is 11.8. The van der Waals surface area contributed by atoms with Gasteiger partial charge in [0.2, 0.25) is 5.91 Å². The maximum Gasteiger partial charge on any atom is 0.278 e. The Morgan fingerprint density at radius 2 is 1.93 bits per heavy atom. The monoisotopic (exact) mass is 414 g/mol. The number of rotatable bonds is 8. The molecule has 164 valence electrons. The number of aromatic nitrogens is 2. The van der Waals surface area contributed by atoms with Gasteiger partial charge < -0.3 is 11.1 Å². The van der Waals surface area contributed by atoms with Gasteiger partial charge in [-0.15, -0.1) is 0 Å². The number of carbonyl (C=O) groups is 1. The molecule has 1 aromatic heterocycles. The summed E-state index contributed by atoms with van der Waals surface area (Å²) in [6, 6.07) is 0.0127. The van der Waals surface area contributed by atoms with E-state index in [4.69, 9.17) is 5.73 Å². The van der Waals surface area contributed by atoms with Crippen LogP contribution in [0, 0.1) is 0 Å². The van der Waals surface area contributed by atoms with Gasteiger partial charge in [0.15, 0.2) is 0 Å². The van der Waals surface area contributed by atoms with Gasteiger partial charge in [0, 0.05) is 18.5 Å². The van der Waals surface area contributed by atoms with E-state index in [1.807, 2.05) is 46.8 Å². The number of hydrogen-bond donors (Lipinski definition) is 2. The van der Waals surface area contributed by atoms with Crippen molar-refractivity contribution in [2.24, 2.45) is 9.98 Å². The molecule has 0 radical (unpaired) electrons. The van der Waals surface area contributed by atoms with Crippen molar-refractivity contribution in [3.05, 3.63) is 45.5 Å². The molecule has 1 rings (SSSR count). The topological polar surface area (TPSA) is 115 Å². The Bertz CT molecular complexity index is 920. The Hall–Kier alpha value is -3.03. The molecule has 0 aromatic carbocycles. The number of hydrogen-bond acceptors (Lipinski definition) is 6. The molecule has 0 bridgehead atoms. The molecule has 0 aliphatic carbocycles. The number of anilines is 1. The SMILES string of the molecule is CC/C=C/C(C)=C\N=C(C)NC(=O)Cn1nc(C(C)C)c(N)c(C=NC(C)C)c1=O. The number of nitrogens with zero attached hydrogens (tertiary/aromatic N) is 4. The standard InChI is InChI=1S/C22H34N6O2/c1-8-9-10-16(6)11-25-17(7)26-19(29)13-28-22(30)18(12-24-15(4)5)20(23)21(27-28)14(2)3/h9-12,14-15H,8,13,23H2,1-7H3,(H,25,26,29)/b10-9+,16-11-,24-12?. The van der Waals surface area contributed by atoms with Crippen LogP contribution in [0.25, 0.3) is 0 Å². The number of amides is 1. The Morgan fingerprint density at radius 1 is 1.27 bits per heavy atom. The van der Waals surface area contributed by atoms with Crippen LogP contribution in [0.1, 0.15) is 72.1 Å². The molecule has 1 amide bonds. The quantitative estimate of drug-likeness (QED) is 0.386. The highest BCUT2D eigenvalue weighted by Gasteiger charge is 2.18. The molecule has 1 heterocycles. The van der Waals surface area contributed by atoms with Crippen LogP contribution in [-0.4, -0.2) is 33.8 Å². The zero-order valence-electron chi connectivity index (χ0n) is 19.1. The number of allylic oxidation sites excluding steroid dienone is 3. The van der Waals surface area contributed by atoms with E-state index in [0.29, 0.717) is 17.2 Å². The molecule has 0 aliphatic rings. The van der Waals surface area contributed by atoms with E-state index in [1.54, 1.807) is 13.1 Å². The molecule has 0 aliphatic heterocycles. The van der Waals surface area contributed by atoms with E-state index in [-0.39, 0.29) is 24.1 Å². The first-order chi connectivity index (χ1) is 14.1. The summed E-state index contributed by atoms with van der Waals surface area (Å²) in [6.07, 6.45) is 8.07. The highest BCUT2D eigenvalue weighted by Crippen LogP contribution is 2.19. The second-order valence-electron chi connectivity index (χ2n) is 7.65. The first-order valence-corrected chi connectivity index (χ1v) is 10.2. The van der Waals surface area contributed by atoms with Gasteiger partial charge in [-0.05, 0) is 45.6 Å². The fraction of sp³-hybridized carbons (Fsp3) is 0.500. The molecule has 3 N–H and O–H groups in total. The van der Waals surface area contributed by atoms with Crippen LogP contribution in [0.4, 0.5) is 5.69 Å². The lowest BCUT2D eigenvalue weighted by atomic mass is 10.1. The lowest BCUT2D eigenvalue weighted by molar-refractivity contribution is -0.120. The largest absolute Gasteiger partial charge is 0.396 e. The van der Waals surface area contributed by atoms with Crippen molar-refractivity contribution < 1.29 is 4.79 Å². The molecule has 1 aromatic rings. The first kappa shape index (κ1) is 25.0. The second-order valence-corrected chi connectivity index (χ2v) is 7.65. The van der Waals surface area contributed by atoms with Gasteiger partial charge >= 0.3 is 0 Å². The van der Waals surface area contributed by atoms with Crippen molar-refractivity contribution in [2.45, 2.75) is 73.4 Å². The van der Waals surface area contributed by atoms with Gasteiger partial charge in [-0.2, -0.15) is 5.10 Å². The van der Waals surface area contributed by atoms with Gasteiger partial charge in [0.25, 0.3) is 5.56 Å². The molecular weight excluding hydrogens is 380 g/mol. The highest BCUT2D eigenvalue weighted by atomic mass is 16.2.